The topological polar surface area (TPSA) is 50.7 Å². The van der Waals surface area contributed by atoms with Crippen LogP contribution in [0, 0.1) is 6.08 Å². The van der Waals surface area contributed by atoms with Gasteiger partial charge in [0.1, 0.15) is 6.33 Å². The lowest BCUT2D eigenvalue weighted by molar-refractivity contribution is 0.534. The van der Waals surface area contributed by atoms with Gasteiger partial charge in [-0.1, -0.05) is 11.6 Å². The van der Waals surface area contributed by atoms with Crippen molar-refractivity contribution in [2.24, 2.45) is 0 Å². The summed E-state index contributed by atoms with van der Waals surface area (Å²) in [4.78, 5) is 10.5. The third-order valence-electron chi connectivity index (χ3n) is 1.64. The molecule has 0 atom stereocenters. The molecule has 0 unspecified atom stereocenters. The fraction of sp³-hybridized carbons (Fsp3) is 0. The van der Waals surface area contributed by atoms with E-state index >= 15 is 0 Å². The summed E-state index contributed by atoms with van der Waals surface area (Å²) in [5, 5.41) is 3.44. The number of aromatic nitrogens is 3. The molecule has 0 fully saturated rings. The molecular weight excluding hydrogens is 219 g/mol. The zero-order chi connectivity index (χ0) is 10.7. The van der Waals surface area contributed by atoms with Crippen molar-refractivity contribution in [3.63, 3.8) is 0 Å². The smallest absolute Gasteiger partial charge is 0.313 e. The van der Waals surface area contributed by atoms with Crippen LogP contribution in [0.25, 0.3) is 0 Å². The Morgan fingerprint density at radius 1 is 1.13 bits per heavy atom. The first-order valence-electron chi connectivity index (χ1n) is 4.11. The molecule has 0 amide bonds. The van der Waals surface area contributed by atoms with Gasteiger partial charge in [-0.3, -0.25) is 0 Å². The maximum Gasteiger partial charge on any atom is 0.313 e. The summed E-state index contributed by atoms with van der Waals surface area (Å²) in [5.41, 5.74) is 0.727. The molecule has 2 rings (SSSR count). The molecule has 1 aromatic heterocycles. The van der Waals surface area contributed by atoms with Crippen molar-refractivity contribution < 1.29 is 4.39 Å². The predicted molar refractivity (Wildman–Crippen MR) is 54.5 cm³/mol. The monoisotopic (exact) mass is 224 g/mol. The van der Waals surface area contributed by atoms with E-state index in [0.29, 0.717) is 5.02 Å². The van der Waals surface area contributed by atoms with Crippen molar-refractivity contribution in [3.05, 3.63) is 41.7 Å². The summed E-state index contributed by atoms with van der Waals surface area (Å²) in [6.45, 7) is 0. The van der Waals surface area contributed by atoms with Crippen LogP contribution in [0.1, 0.15) is 0 Å². The molecule has 76 valence electrons. The van der Waals surface area contributed by atoms with E-state index in [1.807, 2.05) is 0 Å². The van der Waals surface area contributed by atoms with Gasteiger partial charge in [0.05, 0.1) is 0 Å². The number of anilines is 2. The van der Waals surface area contributed by atoms with Crippen molar-refractivity contribution in [1.82, 2.24) is 15.0 Å². The molecule has 0 aliphatic carbocycles. The Kier molecular flexibility index (Phi) is 2.73. The van der Waals surface area contributed by atoms with E-state index in [1.54, 1.807) is 24.3 Å². The molecule has 1 N–H and O–H groups in total. The van der Waals surface area contributed by atoms with Crippen molar-refractivity contribution in [3.8, 4) is 0 Å². The summed E-state index contributed by atoms with van der Waals surface area (Å²) in [5.74, 6) is 0.157. The highest BCUT2D eigenvalue weighted by atomic mass is 35.5. The van der Waals surface area contributed by atoms with Gasteiger partial charge in [-0.25, -0.2) is 4.98 Å². The van der Waals surface area contributed by atoms with Crippen molar-refractivity contribution in [2.75, 3.05) is 5.32 Å². The molecule has 6 heteroatoms. The zero-order valence-electron chi connectivity index (χ0n) is 7.48. The van der Waals surface area contributed by atoms with Gasteiger partial charge in [-0.15, -0.1) is 0 Å². The van der Waals surface area contributed by atoms with Crippen LogP contribution < -0.4 is 5.32 Å². The lowest BCUT2D eigenvalue weighted by atomic mass is 10.3. The van der Waals surface area contributed by atoms with E-state index in [9.17, 15) is 4.39 Å². The second-order valence-corrected chi connectivity index (χ2v) is 3.15. The number of rotatable bonds is 2. The number of halogens is 2. The van der Waals surface area contributed by atoms with Crippen LogP contribution in [0.3, 0.4) is 0 Å². The minimum absolute atomic E-state index is 0.157. The van der Waals surface area contributed by atoms with Crippen LogP contribution in [0.2, 0.25) is 5.02 Å². The predicted octanol–water partition coefficient (Wildman–Crippen LogP) is 2.41. The second-order valence-electron chi connectivity index (χ2n) is 2.71. The van der Waals surface area contributed by atoms with E-state index in [1.165, 1.54) is 0 Å². The first-order chi connectivity index (χ1) is 7.24. The summed E-state index contributed by atoms with van der Waals surface area (Å²) < 4.78 is 12.6. The van der Waals surface area contributed by atoms with Gasteiger partial charge >= 0.3 is 6.08 Å². The van der Waals surface area contributed by atoms with E-state index in [-0.39, 0.29) is 5.95 Å². The molecule has 1 aromatic carbocycles. The van der Waals surface area contributed by atoms with E-state index in [2.05, 4.69) is 20.3 Å². The summed E-state index contributed by atoms with van der Waals surface area (Å²) in [6, 6.07) is 6.90. The van der Waals surface area contributed by atoms with E-state index < -0.39 is 6.08 Å². The summed E-state index contributed by atoms with van der Waals surface area (Å²) in [6.07, 6.45) is 0.280. The van der Waals surface area contributed by atoms with Crippen molar-refractivity contribution in [1.29, 1.82) is 0 Å². The third-order valence-corrected chi connectivity index (χ3v) is 1.89. The summed E-state index contributed by atoms with van der Waals surface area (Å²) >= 11 is 5.71. The quantitative estimate of drug-likeness (QED) is 0.851. The lowest BCUT2D eigenvalue weighted by Gasteiger charge is -2.03. The molecule has 0 aliphatic heterocycles. The van der Waals surface area contributed by atoms with Gasteiger partial charge in [-0.2, -0.15) is 14.4 Å². The van der Waals surface area contributed by atoms with Gasteiger partial charge in [0.15, 0.2) is 0 Å². The Hall–Kier alpha value is -1.75. The molecule has 0 saturated carbocycles. The van der Waals surface area contributed by atoms with Crippen molar-refractivity contribution >= 4 is 23.2 Å². The van der Waals surface area contributed by atoms with Crippen LogP contribution in [0.15, 0.2) is 30.6 Å². The van der Waals surface area contributed by atoms with Gasteiger partial charge in [0.2, 0.25) is 5.95 Å². The Morgan fingerprint density at radius 3 is 2.53 bits per heavy atom. The maximum absolute atomic E-state index is 12.6. The number of hydrogen-bond donors (Lipinski definition) is 1. The molecular formula is C9H6ClFN4. The Bertz CT molecular complexity index is 460. The van der Waals surface area contributed by atoms with Gasteiger partial charge in [-0.05, 0) is 24.3 Å². The van der Waals surface area contributed by atoms with Crippen molar-refractivity contribution in [2.45, 2.75) is 0 Å². The average molecular weight is 225 g/mol. The minimum Gasteiger partial charge on any atom is -0.324 e. The molecule has 0 spiro atoms. The van der Waals surface area contributed by atoms with Gasteiger partial charge in [0, 0.05) is 10.7 Å². The lowest BCUT2D eigenvalue weighted by Crippen LogP contribution is -1.99. The molecule has 15 heavy (non-hydrogen) atoms. The largest absolute Gasteiger partial charge is 0.324 e. The van der Waals surface area contributed by atoms with Crippen LogP contribution in [-0.4, -0.2) is 15.0 Å². The standard InChI is InChI=1S/C9H6ClFN4/c10-6-1-3-7(4-2-6)14-9-13-5-12-8(11)15-9/h1-5H,(H,12,13,14,15). The molecule has 4 nitrogen and oxygen atoms in total. The van der Waals surface area contributed by atoms with E-state index in [0.717, 1.165) is 12.0 Å². The molecule has 0 radical (unpaired) electrons. The minimum atomic E-state index is -0.818. The SMILES string of the molecule is Fc1ncnc(Nc2ccc(Cl)cc2)n1. The molecule has 0 saturated heterocycles. The zero-order valence-corrected chi connectivity index (χ0v) is 8.24. The number of nitrogens with zero attached hydrogens (tertiary/aromatic N) is 3. The van der Waals surface area contributed by atoms with Gasteiger partial charge in [0.25, 0.3) is 0 Å². The highest BCUT2D eigenvalue weighted by Gasteiger charge is 1.99. The average Bonchev–Trinajstić information content (AvgIpc) is 2.22. The number of nitrogens with one attached hydrogen (secondary N) is 1. The molecule has 0 bridgehead atoms. The number of benzene rings is 1. The Morgan fingerprint density at radius 2 is 1.87 bits per heavy atom. The highest BCUT2D eigenvalue weighted by molar-refractivity contribution is 6.30. The molecule has 1 heterocycles. The highest BCUT2D eigenvalue weighted by Crippen LogP contribution is 2.15. The van der Waals surface area contributed by atoms with Crippen LogP contribution in [0.4, 0.5) is 16.0 Å². The maximum atomic E-state index is 12.6. The first-order valence-corrected chi connectivity index (χ1v) is 4.49. The Labute approximate surface area is 90.2 Å². The fourth-order valence-corrected chi connectivity index (χ4v) is 1.12. The van der Waals surface area contributed by atoms with Crippen LogP contribution in [-0.2, 0) is 0 Å². The summed E-state index contributed by atoms with van der Waals surface area (Å²) in [7, 11) is 0. The second kappa shape index (κ2) is 4.18. The normalized spacial score (nSPS) is 10.0. The third kappa shape index (κ3) is 2.60. The molecule has 2 aromatic rings. The van der Waals surface area contributed by atoms with Crippen LogP contribution in [0.5, 0.6) is 0 Å². The Balaban J connectivity index is 2.18. The number of hydrogen-bond acceptors (Lipinski definition) is 4. The molecule has 0 aliphatic rings. The fourth-order valence-electron chi connectivity index (χ4n) is 0.999. The van der Waals surface area contributed by atoms with Gasteiger partial charge < -0.3 is 5.32 Å². The first kappa shape index (κ1) is 9.79. The van der Waals surface area contributed by atoms with E-state index in [4.69, 9.17) is 11.6 Å². The van der Waals surface area contributed by atoms with Crippen LogP contribution >= 0.6 is 11.6 Å².